The van der Waals surface area contributed by atoms with Crippen molar-refractivity contribution in [1.29, 1.82) is 0 Å². The van der Waals surface area contributed by atoms with E-state index < -0.39 is 0 Å². The second-order valence-corrected chi connectivity index (χ2v) is 7.48. The van der Waals surface area contributed by atoms with E-state index in [1.807, 2.05) is 44.4 Å². The van der Waals surface area contributed by atoms with Crippen LogP contribution in [0.4, 0.5) is 0 Å². The van der Waals surface area contributed by atoms with Crippen LogP contribution >= 0.6 is 0 Å². The standard InChI is InChI=1S/C22H25N3O4/c1-13(14-5-7-16(26)9-14)29-22-17-12-25(2)24-19(17)11-18(23-22)15-6-8-20(27-3)21(10-15)28-4/h6,8,10-14H,5,7,9H2,1-4H3/t13-,14+/m1/s1. The van der Waals surface area contributed by atoms with Crippen molar-refractivity contribution >= 4 is 16.7 Å². The Morgan fingerprint density at radius 1 is 1.17 bits per heavy atom. The van der Waals surface area contributed by atoms with E-state index in [2.05, 4.69) is 5.10 Å². The van der Waals surface area contributed by atoms with Crippen LogP contribution in [-0.2, 0) is 11.8 Å². The Labute approximate surface area is 169 Å². The third kappa shape index (κ3) is 3.77. The number of fused-ring (bicyclic) bond motifs is 1. The average molecular weight is 395 g/mol. The smallest absolute Gasteiger partial charge is 0.225 e. The Balaban J connectivity index is 1.73. The van der Waals surface area contributed by atoms with Crippen LogP contribution in [0, 0.1) is 5.92 Å². The number of aryl methyl sites for hydroxylation is 1. The highest BCUT2D eigenvalue weighted by atomic mass is 16.5. The molecule has 0 unspecified atom stereocenters. The molecule has 7 nitrogen and oxygen atoms in total. The molecule has 0 bridgehead atoms. The number of pyridine rings is 1. The minimum absolute atomic E-state index is 0.0991. The van der Waals surface area contributed by atoms with Gasteiger partial charge in [-0.15, -0.1) is 0 Å². The van der Waals surface area contributed by atoms with Gasteiger partial charge in [-0.2, -0.15) is 5.10 Å². The number of hydrogen-bond donors (Lipinski definition) is 0. The molecule has 0 spiro atoms. The lowest BCUT2D eigenvalue weighted by atomic mass is 10.0. The van der Waals surface area contributed by atoms with Crippen molar-refractivity contribution in [2.75, 3.05) is 14.2 Å². The molecular weight excluding hydrogens is 370 g/mol. The Kier molecular flexibility index (Phi) is 5.13. The molecule has 29 heavy (non-hydrogen) atoms. The van der Waals surface area contributed by atoms with Crippen molar-refractivity contribution in [2.45, 2.75) is 32.3 Å². The minimum atomic E-state index is -0.0991. The van der Waals surface area contributed by atoms with Gasteiger partial charge in [0.1, 0.15) is 11.9 Å². The number of methoxy groups -OCH3 is 2. The molecule has 1 aromatic carbocycles. The number of ketones is 1. The first-order valence-electron chi connectivity index (χ1n) is 9.73. The van der Waals surface area contributed by atoms with Gasteiger partial charge < -0.3 is 14.2 Å². The number of rotatable bonds is 6. The normalized spacial score (nSPS) is 17.5. The molecule has 0 aliphatic heterocycles. The second kappa shape index (κ2) is 7.73. The molecule has 1 saturated carbocycles. The van der Waals surface area contributed by atoms with E-state index in [9.17, 15) is 4.79 Å². The number of Topliss-reactive ketones (excluding diaryl/α,β-unsaturated/α-hetero) is 1. The summed E-state index contributed by atoms with van der Waals surface area (Å²) >= 11 is 0. The van der Waals surface area contributed by atoms with Crippen LogP contribution < -0.4 is 14.2 Å². The summed E-state index contributed by atoms with van der Waals surface area (Å²) in [4.78, 5) is 16.5. The molecule has 0 N–H and O–H groups in total. The quantitative estimate of drug-likeness (QED) is 0.632. The van der Waals surface area contributed by atoms with E-state index in [0.717, 1.165) is 28.6 Å². The predicted molar refractivity (Wildman–Crippen MR) is 109 cm³/mol. The lowest BCUT2D eigenvalue weighted by molar-refractivity contribution is -0.117. The van der Waals surface area contributed by atoms with Gasteiger partial charge in [-0.25, -0.2) is 4.98 Å². The molecule has 2 atom stereocenters. The highest BCUT2D eigenvalue weighted by Gasteiger charge is 2.29. The third-order valence-corrected chi connectivity index (χ3v) is 5.51. The molecule has 0 amide bonds. The first-order valence-corrected chi connectivity index (χ1v) is 9.73. The van der Waals surface area contributed by atoms with Crippen LogP contribution in [0.5, 0.6) is 17.4 Å². The van der Waals surface area contributed by atoms with E-state index >= 15 is 0 Å². The average Bonchev–Trinajstić information content (AvgIpc) is 3.32. The summed E-state index contributed by atoms with van der Waals surface area (Å²) in [5, 5.41) is 5.39. The molecule has 1 aliphatic carbocycles. The molecule has 4 rings (SSSR count). The second-order valence-electron chi connectivity index (χ2n) is 7.48. The molecule has 1 fully saturated rings. The number of nitrogens with zero attached hydrogens (tertiary/aromatic N) is 3. The van der Waals surface area contributed by atoms with E-state index in [0.29, 0.717) is 36.0 Å². The Morgan fingerprint density at radius 3 is 2.66 bits per heavy atom. The maximum atomic E-state index is 11.7. The Hall–Kier alpha value is -3.09. The summed E-state index contributed by atoms with van der Waals surface area (Å²) in [6.07, 6.45) is 3.89. The van der Waals surface area contributed by atoms with E-state index in [4.69, 9.17) is 19.2 Å². The van der Waals surface area contributed by atoms with Gasteiger partial charge >= 0.3 is 0 Å². The summed E-state index contributed by atoms with van der Waals surface area (Å²) in [5.74, 6) is 2.36. The van der Waals surface area contributed by atoms with Crippen LogP contribution in [0.25, 0.3) is 22.2 Å². The summed E-state index contributed by atoms with van der Waals surface area (Å²) in [6.45, 7) is 2.01. The molecule has 3 aromatic rings. The minimum Gasteiger partial charge on any atom is -0.493 e. The van der Waals surface area contributed by atoms with Crippen LogP contribution in [0.2, 0.25) is 0 Å². The van der Waals surface area contributed by atoms with Crippen molar-refractivity contribution < 1.29 is 19.0 Å². The largest absolute Gasteiger partial charge is 0.493 e. The van der Waals surface area contributed by atoms with Crippen LogP contribution in [0.3, 0.4) is 0 Å². The fourth-order valence-electron chi connectivity index (χ4n) is 3.86. The van der Waals surface area contributed by atoms with Gasteiger partial charge in [-0.3, -0.25) is 9.48 Å². The SMILES string of the molecule is COc1ccc(-c2cc3nn(C)cc3c(O[C@H](C)[C@H]3CCC(=O)C3)n2)cc1OC. The van der Waals surface area contributed by atoms with Crippen molar-refractivity contribution in [3.63, 3.8) is 0 Å². The van der Waals surface area contributed by atoms with E-state index in [1.165, 1.54) is 0 Å². The first-order chi connectivity index (χ1) is 14.0. The maximum absolute atomic E-state index is 11.7. The van der Waals surface area contributed by atoms with Crippen LogP contribution in [-0.4, -0.2) is 40.9 Å². The van der Waals surface area contributed by atoms with Crippen molar-refractivity contribution in [3.8, 4) is 28.6 Å². The van der Waals surface area contributed by atoms with Gasteiger partial charge in [-0.05, 0) is 37.6 Å². The summed E-state index contributed by atoms with van der Waals surface area (Å²) in [6, 6.07) is 7.61. The van der Waals surface area contributed by atoms with Crippen LogP contribution in [0.15, 0.2) is 30.5 Å². The molecule has 1 aliphatic rings. The number of benzene rings is 1. The van der Waals surface area contributed by atoms with Crippen LogP contribution in [0.1, 0.15) is 26.2 Å². The first kappa shape index (κ1) is 19.2. The lowest BCUT2D eigenvalue weighted by Gasteiger charge is -2.20. The summed E-state index contributed by atoms with van der Waals surface area (Å²) in [5.41, 5.74) is 2.42. The fraction of sp³-hybridized carbons (Fsp3) is 0.409. The molecule has 0 radical (unpaired) electrons. The number of carbonyl (C=O) groups excluding carboxylic acids is 1. The van der Waals surface area contributed by atoms with Gasteiger partial charge in [0.05, 0.1) is 30.8 Å². The summed E-state index contributed by atoms with van der Waals surface area (Å²) < 4.78 is 18.8. The van der Waals surface area contributed by atoms with Gasteiger partial charge in [-0.1, -0.05) is 0 Å². The highest BCUT2D eigenvalue weighted by molar-refractivity contribution is 5.87. The highest BCUT2D eigenvalue weighted by Crippen LogP contribution is 2.35. The molecule has 2 heterocycles. The van der Waals surface area contributed by atoms with Gasteiger partial charge in [0.25, 0.3) is 0 Å². The number of carbonyl (C=O) groups is 1. The zero-order valence-electron chi connectivity index (χ0n) is 17.1. The van der Waals surface area contributed by atoms with Gasteiger partial charge in [0.15, 0.2) is 11.5 Å². The topological polar surface area (TPSA) is 75.5 Å². The fourth-order valence-corrected chi connectivity index (χ4v) is 3.86. The van der Waals surface area contributed by atoms with E-state index in [1.54, 1.807) is 18.9 Å². The maximum Gasteiger partial charge on any atom is 0.225 e. The van der Waals surface area contributed by atoms with Crippen molar-refractivity contribution in [1.82, 2.24) is 14.8 Å². The lowest BCUT2D eigenvalue weighted by Crippen LogP contribution is -2.22. The summed E-state index contributed by atoms with van der Waals surface area (Å²) in [7, 11) is 5.09. The predicted octanol–water partition coefficient (Wildman–Crippen LogP) is 3.79. The molecule has 0 saturated heterocycles. The number of aromatic nitrogens is 3. The molecule has 7 heteroatoms. The zero-order chi connectivity index (χ0) is 20.5. The molecule has 152 valence electrons. The van der Waals surface area contributed by atoms with Crippen molar-refractivity contribution in [2.24, 2.45) is 13.0 Å². The monoisotopic (exact) mass is 395 g/mol. The number of hydrogen-bond acceptors (Lipinski definition) is 6. The molecule has 2 aromatic heterocycles. The van der Waals surface area contributed by atoms with Gasteiger partial charge in [0, 0.05) is 37.6 Å². The zero-order valence-corrected chi connectivity index (χ0v) is 17.1. The Bertz CT molecular complexity index is 1060. The van der Waals surface area contributed by atoms with Crippen molar-refractivity contribution in [3.05, 3.63) is 30.5 Å². The van der Waals surface area contributed by atoms with E-state index in [-0.39, 0.29) is 12.0 Å². The molecular formula is C22H25N3O4. The Morgan fingerprint density at radius 2 is 1.97 bits per heavy atom. The third-order valence-electron chi connectivity index (χ3n) is 5.51. The number of ether oxygens (including phenoxy) is 3. The van der Waals surface area contributed by atoms with Gasteiger partial charge in [0.2, 0.25) is 5.88 Å².